The topological polar surface area (TPSA) is 179 Å². The van der Waals surface area contributed by atoms with Crippen molar-refractivity contribution in [3.05, 3.63) is 108 Å². The van der Waals surface area contributed by atoms with Crippen LogP contribution in [0.25, 0.3) is 0 Å². The lowest BCUT2D eigenvalue weighted by atomic mass is 10.0. The number of hydrogen-bond acceptors (Lipinski definition) is 14. The molecule has 14 heteroatoms. The van der Waals surface area contributed by atoms with Gasteiger partial charge in [-0.15, -0.1) is 0 Å². The minimum atomic E-state index is -1.67. The third-order valence-electron chi connectivity index (χ3n) is 7.48. The number of benzene rings is 3. The van der Waals surface area contributed by atoms with E-state index in [9.17, 15) is 29.1 Å². The number of esters is 5. The van der Waals surface area contributed by atoms with Gasteiger partial charge in [-0.25, -0.2) is 14.4 Å². The van der Waals surface area contributed by atoms with E-state index < -0.39 is 92.3 Å². The third-order valence-corrected chi connectivity index (χ3v) is 7.48. The van der Waals surface area contributed by atoms with E-state index >= 15 is 0 Å². The smallest absolute Gasteiger partial charge is 0.338 e. The van der Waals surface area contributed by atoms with Crippen molar-refractivity contribution in [1.82, 2.24) is 0 Å². The molecule has 49 heavy (non-hydrogen) atoms. The summed E-state index contributed by atoms with van der Waals surface area (Å²) in [6.45, 7) is 1.34. The molecule has 0 spiro atoms. The Bertz CT molecular complexity index is 1600. The first-order chi connectivity index (χ1) is 23.6. The summed E-state index contributed by atoms with van der Waals surface area (Å²) in [5.41, 5.74) is 0.579. The van der Waals surface area contributed by atoms with Gasteiger partial charge in [0.2, 0.25) is 0 Å². The van der Waals surface area contributed by atoms with Crippen LogP contribution in [0.3, 0.4) is 0 Å². The summed E-state index contributed by atoms with van der Waals surface area (Å²) >= 11 is 0. The maximum atomic E-state index is 13.4. The van der Waals surface area contributed by atoms with Crippen LogP contribution in [0, 0.1) is 0 Å². The van der Waals surface area contributed by atoms with E-state index in [1.54, 1.807) is 66.7 Å². The summed E-state index contributed by atoms with van der Waals surface area (Å²) < 4.78 is 45.5. The van der Waals surface area contributed by atoms with Crippen LogP contribution in [0.2, 0.25) is 0 Å². The molecule has 2 fully saturated rings. The molecule has 2 aliphatic rings. The van der Waals surface area contributed by atoms with Crippen LogP contribution in [0.15, 0.2) is 91.0 Å². The number of ether oxygens (including phenoxy) is 8. The fourth-order valence-corrected chi connectivity index (χ4v) is 5.25. The molecule has 2 heterocycles. The van der Waals surface area contributed by atoms with Crippen molar-refractivity contribution < 1.29 is 67.0 Å². The van der Waals surface area contributed by atoms with E-state index in [0.29, 0.717) is 0 Å². The quantitative estimate of drug-likeness (QED) is 0.231. The van der Waals surface area contributed by atoms with Gasteiger partial charge in [0.05, 0.1) is 23.3 Å². The van der Waals surface area contributed by atoms with Crippen molar-refractivity contribution in [1.29, 1.82) is 0 Å². The molecule has 2 saturated heterocycles. The van der Waals surface area contributed by atoms with E-state index in [1.165, 1.54) is 24.3 Å². The summed E-state index contributed by atoms with van der Waals surface area (Å²) in [5, 5.41) is 10.4. The molecule has 8 atom stereocenters. The number of hydrogen-bond donors (Lipinski definition) is 1. The zero-order chi connectivity index (χ0) is 34.9. The van der Waals surface area contributed by atoms with Crippen LogP contribution >= 0.6 is 0 Å². The Morgan fingerprint density at radius 3 is 1.61 bits per heavy atom. The van der Waals surface area contributed by atoms with E-state index in [2.05, 4.69) is 0 Å². The van der Waals surface area contributed by atoms with Crippen molar-refractivity contribution in [2.45, 2.75) is 63.1 Å². The first kappa shape index (κ1) is 35.2. The van der Waals surface area contributed by atoms with Gasteiger partial charge in [0.25, 0.3) is 0 Å². The summed E-state index contributed by atoms with van der Waals surface area (Å²) in [4.78, 5) is 63.5. The molecule has 3 aromatic rings. The monoisotopic (exact) mass is 678 g/mol. The molecule has 0 aromatic heterocycles. The molecule has 0 aliphatic carbocycles. The molecule has 3 aromatic carbocycles. The zero-order valence-electron chi connectivity index (χ0n) is 26.4. The Labute approximate surface area is 280 Å². The standard InChI is InChI=1S/C35H34O14/c1-20(36)44-27-25(19-43-34(41)29(27)45-21(2)37)46-35-30(49-33(40)24-16-10-5-11-17-24)28(48-32(39)23-14-8-4-9-15-23)26(47-35)18-42-31(38)22-12-6-3-7-13-22/h3-17,25-30,34-35,41H,18-19H2,1-2H3/t25-,26+,27-,28-,29+,30-,34+,35+/m0/s1. The van der Waals surface area contributed by atoms with Crippen LogP contribution in [-0.4, -0.2) is 97.4 Å². The average molecular weight is 679 g/mol. The second-order valence-corrected chi connectivity index (χ2v) is 11.0. The van der Waals surface area contributed by atoms with Gasteiger partial charge in [0, 0.05) is 13.8 Å². The SMILES string of the molecule is CC(=O)O[C@@H]1[C@@H](OC(C)=O)[C@@H](O[C@@H]2O[C@H](COC(=O)c3ccccc3)[C@H](OC(=O)c3ccccc3)[C@@H]2OC(=O)c2ccccc2)CO[C@H]1O. The lowest BCUT2D eigenvalue weighted by molar-refractivity contribution is -0.297. The fraction of sp³-hybridized carbons (Fsp3) is 0.343. The number of aliphatic hydroxyl groups is 1. The van der Waals surface area contributed by atoms with Crippen molar-refractivity contribution in [2.75, 3.05) is 13.2 Å². The van der Waals surface area contributed by atoms with Crippen molar-refractivity contribution in [2.24, 2.45) is 0 Å². The molecular weight excluding hydrogens is 644 g/mol. The highest BCUT2D eigenvalue weighted by atomic mass is 16.8. The predicted molar refractivity (Wildman–Crippen MR) is 165 cm³/mol. The molecule has 258 valence electrons. The highest BCUT2D eigenvalue weighted by Gasteiger charge is 2.54. The molecule has 0 radical (unpaired) electrons. The van der Waals surface area contributed by atoms with Crippen LogP contribution < -0.4 is 0 Å². The van der Waals surface area contributed by atoms with Gasteiger partial charge in [-0.1, -0.05) is 54.6 Å². The first-order valence-electron chi connectivity index (χ1n) is 15.3. The Hall–Kier alpha value is -5.15. The van der Waals surface area contributed by atoms with Crippen LogP contribution in [0.5, 0.6) is 0 Å². The normalized spacial score (nSPS) is 26.2. The predicted octanol–water partition coefficient (Wildman–Crippen LogP) is 2.62. The lowest BCUT2D eigenvalue weighted by Gasteiger charge is -2.40. The van der Waals surface area contributed by atoms with E-state index in [0.717, 1.165) is 13.8 Å². The first-order valence-corrected chi connectivity index (χ1v) is 15.3. The number of carbonyl (C=O) groups excluding carboxylic acids is 5. The molecule has 14 nitrogen and oxygen atoms in total. The van der Waals surface area contributed by atoms with Crippen LogP contribution in [0.4, 0.5) is 0 Å². The van der Waals surface area contributed by atoms with Crippen molar-refractivity contribution in [3.8, 4) is 0 Å². The summed E-state index contributed by atoms with van der Waals surface area (Å²) in [6.07, 6.45) is -11.5. The summed E-state index contributed by atoms with van der Waals surface area (Å²) in [7, 11) is 0. The Morgan fingerprint density at radius 2 is 1.10 bits per heavy atom. The van der Waals surface area contributed by atoms with Gasteiger partial charge in [0.1, 0.15) is 18.8 Å². The second-order valence-electron chi connectivity index (χ2n) is 11.0. The maximum Gasteiger partial charge on any atom is 0.338 e. The lowest BCUT2D eigenvalue weighted by Crippen LogP contribution is -2.58. The summed E-state index contributed by atoms with van der Waals surface area (Å²) in [5.74, 6) is -3.91. The van der Waals surface area contributed by atoms with Gasteiger partial charge in [-0.3, -0.25) is 9.59 Å². The van der Waals surface area contributed by atoms with Gasteiger partial charge in [-0.2, -0.15) is 0 Å². The van der Waals surface area contributed by atoms with Crippen molar-refractivity contribution in [3.63, 3.8) is 0 Å². The fourth-order valence-electron chi connectivity index (χ4n) is 5.25. The van der Waals surface area contributed by atoms with E-state index in [-0.39, 0.29) is 16.7 Å². The molecule has 2 aliphatic heterocycles. The van der Waals surface area contributed by atoms with Gasteiger partial charge < -0.3 is 43.0 Å². The highest BCUT2D eigenvalue weighted by molar-refractivity contribution is 5.91. The molecule has 0 saturated carbocycles. The van der Waals surface area contributed by atoms with Crippen LogP contribution in [0.1, 0.15) is 44.9 Å². The van der Waals surface area contributed by atoms with Gasteiger partial charge in [-0.05, 0) is 36.4 Å². The number of rotatable bonds is 11. The maximum absolute atomic E-state index is 13.4. The van der Waals surface area contributed by atoms with E-state index in [4.69, 9.17) is 37.9 Å². The Morgan fingerprint density at radius 1 is 0.633 bits per heavy atom. The summed E-state index contributed by atoms with van der Waals surface area (Å²) in [6, 6.07) is 24.1. The molecule has 5 rings (SSSR count). The molecule has 0 bridgehead atoms. The highest BCUT2D eigenvalue weighted by Crippen LogP contribution is 2.33. The van der Waals surface area contributed by atoms with Gasteiger partial charge >= 0.3 is 29.8 Å². The Balaban J connectivity index is 1.47. The minimum absolute atomic E-state index is 0.158. The van der Waals surface area contributed by atoms with Gasteiger partial charge in [0.15, 0.2) is 37.0 Å². The van der Waals surface area contributed by atoms with E-state index in [1.807, 2.05) is 0 Å². The minimum Gasteiger partial charge on any atom is -0.459 e. The molecule has 0 amide bonds. The second kappa shape index (κ2) is 16.3. The average Bonchev–Trinajstić information content (AvgIpc) is 3.41. The van der Waals surface area contributed by atoms with Crippen molar-refractivity contribution >= 4 is 29.8 Å². The molecule has 0 unspecified atom stereocenters. The third kappa shape index (κ3) is 9.06. The van der Waals surface area contributed by atoms with Crippen LogP contribution in [-0.2, 0) is 47.5 Å². The largest absolute Gasteiger partial charge is 0.459 e. The number of carbonyl (C=O) groups is 5. The zero-order valence-corrected chi connectivity index (χ0v) is 26.4. The molecular formula is C35H34O14. The molecule has 1 N–H and O–H groups in total. The Kier molecular flexibility index (Phi) is 11.7. The number of aliphatic hydroxyl groups excluding tert-OH is 1.